The van der Waals surface area contributed by atoms with Crippen LogP contribution in [0.3, 0.4) is 0 Å². The van der Waals surface area contributed by atoms with E-state index in [-0.39, 0.29) is 6.10 Å². The second-order valence-corrected chi connectivity index (χ2v) is 4.09. The smallest absolute Gasteiger partial charge is 0.309 e. The molecule has 0 radical (unpaired) electrons. The van der Waals surface area contributed by atoms with Gasteiger partial charge in [0.2, 0.25) is 0 Å². The normalized spacial score (nSPS) is 40.9. The van der Waals surface area contributed by atoms with E-state index in [0.717, 1.165) is 12.8 Å². The average molecular weight is 188 g/mol. The van der Waals surface area contributed by atoms with Gasteiger partial charge in [-0.3, -0.25) is 0 Å². The molecule has 0 N–H and O–H groups in total. The molecule has 2 bridgehead atoms. The summed E-state index contributed by atoms with van der Waals surface area (Å²) in [6.45, 7) is 2.75. The fraction of sp³-hybridized carbons (Fsp3) is 0.750. The molecule has 0 aliphatic carbocycles. The maximum absolute atomic E-state index is 5.57. The lowest BCUT2D eigenvalue weighted by molar-refractivity contribution is 0.0416. The highest BCUT2D eigenvalue weighted by molar-refractivity contribution is 7.41. The lowest BCUT2D eigenvalue weighted by Crippen LogP contribution is -2.24. The Morgan fingerprint density at radius 2 is 2.42 bits per heavy atom. The SMILES string of the molecule is CCC1C[C@H]2C=CCOP(O1)O2. The quantitative estimate of drug-likeness (QED) is 0.467. The zero-order chi connectivity index (χ0) is 8.39. The van der Waals surface area contributed by atoms with E-state index >= 15 is 0 Å². The van der Waals surface area contributed by atoms with Crippen LogP contribution in [-0.2, 0) is 13.6 Å². The van der Waals surface area contributed by atoms with Crippen molar-refractivity contribution in [2.75, 3.05) is 6.61 Å². The second kappa shape index (κ2) is 3.84. The van der Waals surface area contributed by atoms with Crippen LogP contribution < -0.4 is 0 Å². The monoisotopic (exact) mass is 188 g/mol. The third kappa shape index (κ3) is 1.86. The summed E-state index contributed by atoms with van der Waals surface area (Å²) in [4.78, 5) is 0. The molecule has 1 saturated heterocycles. The molecule has 3 nitrogen and oxygen atoms in total. The van der Waals surface area contributed by atoms with Crippen LogP contribution in [0.15, 0.2) is 12.2 Å². The van der Waals surface area contributed by atoms with Crippen molar-refractivity contribution in [2.45, 2.75) is 32.0 Å². The van der Waals surface area contributed by atoms with Crippen molar-refractivity contribution in [3.63, 3.8) is 0 Å². The lowest BCUT2D eigenvalue weighted by atomic mass is 10.1. The number of fused-ring (bicyclic) bond motifs is 2. The van der Waals surface area contributed by atoms with Gasteiger partial charge in [0.25, 0.3) is 0 Å². The first-order valence-electron chi connectivity index (χ1n) is 4.31. The standard InChI is InChI=1S/C8H13O3P/c1-2-7-6-8-4-3-5-9-12(10-7)11-8/h3-4,7-8H,2,5-6H2,1H3/t7?,8-,12?/m1/s1. The van der Waals surface area contributed by atoms with E-state index in [1.807, 2.05) is 6.08 Å². The second-order valence-electron chi connectivity index (χ2n) is 2.96. The van der Waals surface area contributed by atoms with Gasteiger partial charge in [-0.2, -0.15) is 0 Å². The summed E-state index contributed by atoms with van der Waals surface area (Å²) >= 11 is 0. The Morgan fingerprint density at radius 1 is 1.50 bits per heavy atom. The maximum Gasteiger partial charge on any atom is 0.333 e. The van der Waals surface area contributed by atoms with E-state index in [0.29, 0.717) is 12.7 Å². The Hall–Kier alpha value is 0.0500. The summed E-state index contributed by atoms with van der Waals surface area (Å²) in [7, 11) is -1.06. The molecular formula is C8H13O3P. The van der Waals surface area contributed by atoms with Crippen molar-refractivity contribution in [3.05, 3.63) is 12.2 Å². The van der Waals surface area contributed by atoms with Gasteiger partial charge in [-0.15, -0.1) is 0 Å². The maximum atomic E-state index is 5.57. The highest BCUT2D eigenvalue weighted by Gasteiger charge is 2.31. The van der Waals surface area contributed by atoms with Gasteiger partial charge in [-0.25, -0.2) is 0 Å². The van der Waals surface area contributed by atoms with E-state index in [1.54, 1.807) is 0 Å². The Labute approximate surface area is 73.7 Å². The fourth-order valence-electron chi connectivity index (χ4n) is 1.33. The number of rotatable bonds is 1. The Balaban J connectivity index is 2.02. The summed E-state index contributed by atoms with van der Waals surface area (Å²) in [6.07, 6.45) is 6.63. The van der Waals surface area contributed by atoms with Gasteiger partial charge in [-0.1, -0.05) is 19.1 Å². The predicted octanol–water partition coefficient (Wildman–Crippen LogP) is 2.38. The topological polar surface area (TPSA) is 27.7 Å². The first-order chi connectivity index (χ1) is 5.88. The zero-order valence-electron chi connectivity index (χ0n) is 7.10. The van der Waals surface area contributed by atoms with Gasteiger partial charge in [0.15, 0.2) is 0 Å². The van der Waals surface area contributed by atoms with Crippen LogP contribution in [0.25, 0.3) is 0 Å². The molecule has 12 heavy (non-hydrogen) atoms. The number of hydrogen-bond acceptors (Lipinski definition) is 3. The summed E-state index contributed by atoms with van der Waals surface area (Å²) in [6, 6.07) is 0. The van der Waals surface area contributed by atoms with Gasteiger partial charge in [0.1, 0.15) is 0 Å². The molecule has 0 aromatic carbocycles. The Bertz CT molecular complexity index is 183. The molecule has 3 atom stereocenters. The molecule has 0 amide bonds. The molecular weight excluding hydrogens is 175 g/mol. The molecule has 2 aliphatic rings. The summed E-state index contributed by atoms with van der Waals surface area (Å²) in [5, 5.41) is 0. The van der Waals surface area contributed by atoms with Gasteiger partial charge in [0.05, 0.1) is 18.8 Å². The highest BCUT2D eigenvalue weighted by Crippen LogP contribution is 2.49. The van der Waals surface area contributed by atoms with Gasteiger partial charge < -0.3 is 13.6 Å². The van der Waals surface area contributed by atoms with E-state index in [2.05, 4.69) is 13.0 Å². The molecule has 2 unspecified atom stereocenters. The van der Waals surface area contributed by atoms with Crippen molar-refractivity contribution < 1.29 is 13.6 Å². The predicted molar refractivity (Wildman–Crippen MR) is 46.7 cm³/mol. The molecule has 0 spiro atoms. The van der Waals surface area contributed by atoms with Gasteiger partial charge in [-0.05, 0) is 6.42 Å². The van der Waals surface area contributed by atoms with Gasteiger partial charge in [0, 0.05) is 6.42 Å². The first kappa shape index (κ1) is 8.64. The van der Waals surface area contributed by atoms with Crippen molar-refractivity contribution in [3.8, 4) is 0 Å². The first-order valence-corrected chi connectivity index (χ1v) is 5.41. The summed E-state index contributed by atoms with van der Waals surface area (Å²) in [5.74, 6) is 0. The van der Waals surface area contributed by atoms with Crippen LogP contribution in [0.1, 0.15) is 19.8 Å². The molecule has 2 aliphatic heterocycles. The van der Waals surface area contributed by atoms with Crippen LogP contribution >= 0.6 is 8.60 Å². The Morgan fingerprint density at radius 3 is 3.25 bits per heavy atom. The fourth-order valence-corrected chi connectivity index (χ4v) is 2.56. The Kier molecular flexibility index (Phi) is 2.76. The van der Waals surface area contributed by atoms with E-state index in [9.17, 15) is 0 Å². The molecule has 1 fully saturated rings. The van der Waals surface area contributed by atoms with Crippen LogP contribution in [0.4, 0.5) is 0 Å². The molecule has 2 heterocycles. The number of hydrogen-bond donors (Lipinski definition) is 0. The zero-order valence-corrected chi connectivity index (χ0v) is 8.00. The van der Waals surface area contributed by atoms with Crippen molar-refractivity contribution in [1.29, 1.82) is 0 Å². The minimum atomic E-state index is -1.06. The van der Waals surface area contributed by atoms with E-state index in [1.165, 1.54) is 0 Å². The minimum absolute atomic E-state index is 0.220. The van der Waals surface area contributed by atoms with Crippen LogP contribution in [0.2, 0.25) is 0 Å². The molecule has 0 aromatic heterocycles. The highest BCUT2D eigenvalue weighted by atomic mass is 31.2. The molecule has 0 aromatic rings. The average Bonchev–Trinajstić information content (AvgIpc) is 2.27. The molecule has 2 rings (SSSR count). The van der Waals surface area contributed by atoms with E-state index < -0.39 is 8.60 Å². The van der Waals surface area contributed by atoms with Crippen LogP contribution in [0, 0.1) is 0 Å². The summed E-state index contributed by atoms with van der Waals surface area (Å²) in [5.41, 5.74) is 0. The van der Waals surface area contributed by atoms with Crippen molar-refractivity contribution in [2.24, 2.45) is 0 Å². The van der Waals surface area contributed by atoms with Crippen LogP contribution in [0.5, 0.6) is 0 Å². The third-order valence-electron chi connectivity index (χ3n) is 2.03. The summed E-state index contributed by atoms with van der Waals surface area (Å²) < 4.78 is 16.4. The largest absolute Gasteiger partial charge is 0.333 e. The molecule has 0 saturated carbocycles. The lowest BCUT2D eigenvalue weighted by Gasteiger charge is -2.30. The molecule has 68 valence electrons. The minimum Gasteiger partial charge on any atom is -0.309 e. The van der Waals surface area contributed by atoms with Crippen molar-refractivity contribution >= 4 is 8.60 Å². The van der Waals surface area contributed by atoms with Gasteiger partial charge >= 0.3 is 8.60 Å². The molecule has 4 heteroatoms. The van der Waals surface area contributed by atoms with Crippen LogP contribution in [-0.4, -0.2) is 18.8 Å². The van der Waals surface area contributed by atoms with Crippen molar-refractivity contribution in [1.82, 2.24) is 0 Å². The third-order valence-corrected chi connectivity index (χ3v) is 3.31. The van der Waals surface area contributed by atoms with E-state index in [4.69, 9.17) is 13.6 Å².